The molecule has 0 aliphatic heterocycles. The molecule has 0 fully saturated rings. The molecule has 2 aromatic heterocycles. The maximum absolute atomic E-state index is 11.7. The molecule has 0 aliphatic rings. The van der Waals surface area contributed by atoms with E-state index in [0.717, 1.165) is 4.57 Å². The van der Waals surface area contributed by atoms with Crippen LogP contribution in [-0.2, 0) is 20.6 Å². The van der Waals surface area contributed by atoms with Gasteiger partial charge in [0.25, 0.3) is 5.56 Å². The van der Waals surface area contributed by atoms with Crippen LogP contribution in [0.2, 0.25) is 0 Å². The van der Waals surface area contributed by atoms with Crippen LogP contribution in [-0.4, -0.2) is 23.9 Å². The van der Waals surface area contributed by atoms with E-state index < -0.39 is 0 Å². The fourth-order valence-corrected chi connectivity index (χ4v) is 1.36. The number of aromatic nitrogens is 5. The van der Waals surface area contributed by atoms with Crippen molar-refractivity contribution in [2.75, 3.05) is 0 Å². The van der Waals surface area contributed by atoms with E-state index in [2.05, 4.69) is 10.1 Å². The highest BCUT2D eigenvalue weighted by molar-refractivity contribution is 4.91. The van der Waals surface area contributed by atoms with Crippen LogP contribution in [0.1, 0.15) is 5.82 Å². The average Bonchev–Trinajstić information content (AvgIpc) is 2.65. The van der Waals surface area contributed by atoms with Crippen molar-refractivity contribution < 1.29 is 0 Å². The van der Waals surface area contributed by atoms with Gasteiger partial charge in [-0.3, -0.25) is 14.0 Å². The van der Waals surface area contributed by atoms with Gasteiger partial charge in [0.15, 0.2) is 0 Å². The summed E-state index contributed by atoms with van der Waals surface area (Å²) in [5.74, 6) is 0.561. The molecule has 2 aromatic rings. The number of rotatable bonds is 2. The van der Waals surface area contributed by atoms with Crippen molar-refractivity contribution in [2.45, 2.75) is 6.54 Å². The monoisotopic (exact) mass is 221 g/mol. The zero-order valence-electron chi connectivity index (χ0n) is 8.99. The molecule has 2 rings (SSSR count). The van der Waals surface area contributed by atoms with Gasteiger partial charge in [-0.1, -0.05) is 0 Å². The van der Waals surface area contributed by atoms with E-state index in [1.165, 1.54) is 27.8 Å². The van der Waals surface area contributed by atoms with E-state index >= 15 is 0 Å². The predicted molar refractivity (Wildman–Crippen MR) is 56.0 cm³/mol. The van der Waals surface area contributed by atoms with Crippen LogP contribution < -0.4 is 11.2 Å². The van der Waals surface area contributed by atoms with Crippen LogP contribution in [0.15, 0.2) is 28.2 Å². The molecule has 0 radical (unpaired) electrons. The SMILES string of the molecule is Cn1ncnc1Cn1c(=O)ccn(C)c1=O. The Morgan fingerprint density at radius 2 is 2.06 bits per heavy atom. The Morgan fingerprint density at radius 3 is 2.69 bits per heavy atom. The highest BCUT2D eigenvalue weighted by atomic mass is 16.2. The summed E-state index contributed by atoms with van der Waals surface area (Å²) in [5, 5.41) is 3.88. The third kappa shape index (κ3) is 1.67. The molecule has 7 nitrogen and oxygen atoms in total. The van der Waals surface area contributed by atoms with E-state index in [4.69, 9.17) is 0 Å². The van der Waals surface area contributed by atoms with Gasteiger partial charge in [0, 0.05) is 26.4 Å². The quantitative estimate of drug-likeness (QED) is 0.633. The van der Waals surface area contributed by atoms with Crippen molar-refractivity contribution in [1.29, 1.82) is 0 Å². The molecule has 0 amide bonds. The highest BCUT2D eigenvalue weighted by Crippen LogP contribution is 1.91. The first-order chi connectivity index (χ1) is 7.59. The summed E-state index contributed by atoms with van der Waals surface area (Å²) < 4.78 is 3.99. The summed E-state index contributed by atoms with van der Waals surface area (Å²) in [7, 11) is 3.30. The number of nitrogens with zero attached hydrogens (tertiary/aromatic N) is 5. The molecule has 0 spiro atoms. The van der Waals surface area contributed by atoms with E-state index in [9.17, 15) is 9.59 Å². The third-order valence-corrected chi connectivity index (χ3v) is 2.34. The minimum atomic E-state index is -0.365. The summed E-state index contributed by atoms with van der Waals surface area (Å²) in [6.07, 6.45) is 2.83. The molecule has 84 valence electrons. The van der Waals surface area contributed by atoms with Crippen LogP contribution in [0, 0.1) is 0 Å². The fourth-order valence-electron chi connectivity index (χ4n) is 1.36. The molecule has 0 saturated carbocycles. The molecule has 0 atom stereocenters. The van der Waals surface area contributed by atoms with Crippen LogP contribution in [0.4, 0.5) is 0 Å². The third-order valence-electron chi connectivity index (χ3n) is 2.34. The van der Waals surface area contributed by atoms with Crippen molar-refractivity contribution >= 4 is 0 Å². The van der Waals surface area contributed by atoms with Crippen molar-refractivity contribution in [2.24, 2.45) is 14.1 Å². The van der Waals surface area contributed by atoms with Gasteiger partial charge in [-0.15, -0.1) is 0 Å². The molecule has 7 heteroatoms. The summed E-state index contributed by atoms with van der Waals surface area (Å²) in [4.78, 5) is 27.2. The number of hydrogen-bond donors (Lipinski definition) is 0. The van der Waals surface area contributed by atoms with Gasteiger partial charge in [0.1, 0.15) is 12.2 Å². The lowest BCUT2D eigenvalue weighted by atomic mass is 10.5. The Hall–Kier alpha value is -2.18. The van der Waals surface area contributed by atoms with Crippen molar-refractivity contribution in [3.05, 3.63) is 45.3 Å². The smallest absolute Gasteiger partial charge is 0.303 e. The van der Waals surface area contributed by atoms with E-state index in [1.807, 2.05) is 0 Å². The van der Waals surface area contributed by atoms with Crippen molar-refractivity contribution in [3.63, 3.8) is 0 Å². The largest absolute Gasteiger partial charge is 0.331 e. The van der Waals surface area contributed by atoms with Crippen molar-refractivity contribution in [3.8, 4) is 0 Å². The maximum atomic E-state index is 11.7. The van der Waals surface area contributed by atoms with Crippen molar-refractivity contribution in [1.82, 2.24) is 23.9 Å². The zero-order chi connectivity index (χ0) is 11.7. The molecular formula is C9H11N5O2. The first kappa shape index (κ1) is 10.3. The first-order valence-electron chi connectivity index (χ1n) is 4.69. The number of hydrogen-bond acceptors (Lipinski definition) is 4. The lowest BCUT2D eigenvalue weighted by Gasteiger charge is -2.05. The van der Waals surface area contributed by atoms with Gasteiger partial charge < -0.3 is 4.57 Å². The van der Waals surface area contributed by atoms with Crippen LogP contribution in [0.25, 0.3) is 0 Å². The second kappa shape index (κ2) is 3.76. The zero-order valence-corrected chi connectivity index (χ0v) is 8.99. The van der Waals surface area contributed by atoms with Crippen LogP contribution >= 0.6 is 0 Å². The van der Waals surface area contributed by atoms with Gasteiger partial charge in [-0.05, 0) is 0 Å². The Morgan fingerprint density at radius 1 is 1.31 bits per heavy atom. The summed E-state index contributed by atoms with van der Waals surface area (Å²) in [6, 6.07) is 1.35. The Kier molecular flexibility index (Phi) is 2.43. The molecule has 0 saturated heterocycles. The predicted octanol–water partition coefficient (Wildman–Crippen LogP) is -1.28. The van der Waals surface area contributed by atoms with E-state index in [1.54, 1.807) is 14.1 Å². The molecule has 0 aliphatic carbocycles. The average molecular weight is 221 g/mol. The fraction of sp³-hybridized carbons (Fsp3) is 0.333. The molecule has 0 bridgehead atoms. The molecular weight excluding hydrogens is 210 g/mol. The minimum Gasteiger partial charge on any atom is -0.303 e. The van der Waals surface area contributed by atoms with Gasteiger partial charge in [0.2, 0.25) is 0 Å². The first-order valence-corrected chi connectivity index (χ1v) is 4.69. The Balaban J connectivity index is 2.51. The Labute approximate surface area is 90.6 Å². The summed E-state index contributed by atoms with van der Waals surface area (Å²) >= 11 is 0. The van der Waals surface area contributed by atoms with Gasteiger partial charge >= 0.3 is 5.69 Å². The standard InChI is InChI=1S/C9H11N5O2/c1-12-4-3-8(15)14(9(12)16)5-7-10-6-11-13(7)2/h3-4,6H,5H2,1-2H3. The molecule has 0 N–H and O–H groups in total. The second-order valence-electron chi connectivity index (χ2n) is 3.43. The topological polar surface area (TPSA) is 74.7 Å². The lowest BCUT2D eigenvalue weighted by Crippen LogP contribution is -2.38. The Bertz CT molecular complexity index is 621. The lowest BCUT2D eigenvalue weighted by molar-refractivity contribution is 0.590. The molecule has 0 aromatic carbocycles. The second-order valence-corrected chi connectivity index (χ2v) is 3.43. The van der Waals surface area contributed by atoms with Crippen LogP contribution in [0.3, 0.4) is 0 Å². The van der Waals surface area contributed by atoms with Crippen LogP contribution in [0.5, 0.6) is 0 Å². The molecule has 0 unspecified atom stereocenters. The number of aryl methyl sites for hydroxylation is 2. The maximum Gasteiger partial charge on any atom is 0.331 e. The summed E-state index contributed by atoms with van der Waals surface area (Å²) in [5.41, 5.74) is -0.707. The minimum absolute atomic E-state index is 0.128. The normalized spacial score (nSPS) is 10.6. The van der Waals surface area contributed by atoms with Gasteiger partial charge in [0.05, 0.1) is 6.54 Å². The van der Waals surface area contributed by atoms with E-state index in [-0.39, 0.29) is 17.8 Å². The van der Waals surface area contributed by atoms with E-state index in [0.29, 0.717) is 5.82 Å². The van der Waals surface area contributed by atoms with Gasteiger partial charge in [-0.2, -0.15) is 5.10 Å². The summed E-state index contributed by atoms with van der Waals surface area (Å²) in [6.45, 7) is 0.128. The molecule has 16 heavy (non-hydrogen) atoms. The molecule has 2 heterocycles. The van der Waals surface area contributed by atoms with Gasteiger partial charge in [-0.25, -0.2) is 9.78 Å². The highest BCUT2D eigenvalue weighted by Gasteiger charge is 2.07.